The molecule has 25 heavy (non-hydrogen) atoms. The monoisotopic (exact) mass is 343 g/mol. The molecular weight excluding hydrogens is 310 g/mol. The van der Waals surface area contributed by atoms with Crippen molar-refractivity contribution in [1.29, 1.82) is 0 Å². The maximum atomic E-state index is 11.6. The van der Waals surface area contributed by atoms with Crippen molar-refractivity contribution >= 4 is 5.91 Å². The molecule has 138 valence electrons. The minimum atomic E-state index is 0.0309. The molecule has 0 bridgehead atoms. The van der Waals surface area contributed by atoms with Crippen LogP contribution in [-0.2, 0) is 11.3 Å². The van der Waals surface area contributed by atoms with Crippen LogP contribution in [0.4, 0.5) is 0 Å². The Bertz CT molecular complexity index is 594. The summed E-state index contributed by atoms with van der Waals surface area (Å²) in [7, 11) is 0. The number of carbonyl (C=O) groups excluding carboxylic acids is 1. The molecule has 0 unspecified atom stereocenters. The van der Waals surface area contributed by atoms with Crippen molar-refractivity contribution in [3.8, 4) is 16.9 Å². The first-order valence-electron chi connectivity index (χ1n) is 9.34. The fourth-order valence-electron chi connectivity index (χ4n) is 2.14. The van der Waals surface area contributed by atoms with Gasteiger partial charge in [0.05, 0.1) is 0 Å². The minimum Gasteiger partial charge on any atom is -0.508 e. The predicted octanol–water partition coefficient (Wildman–Crippen LogP) is 5.92. The highest BCUT2D eigenvalue weighted by atomic mass is 16.3. The van der Waals surface area contributed by atoms with E-state index >= 15 is 0 Å². The molecule has 0 saturated carbocycles. The highest BCUT2D eigenvalue weighted by Gasteiger charge is 2.06. The molecule has 0 spiro atoms. The highest BCUT2D eigenvalue weighted by molar-refractivity contribution is 5.76. The molecule has 3 heteroatoms. The maximum Gasteiger partial charge on any atom is 0.220 e. The summed E-state index contributed by atoms with van der Waals surface area (Å²) in [6.45, 7) is 10.4. The molecule has 2 aromatic rings. The van der Waals surface area contributed by atoms with Crippen LogP contribution in [-0.4, -0.2) is 11.0 Å². The summed E-state index contributed by atoms with van der Waals surface area (Å²) in [6, 6.07) is 15.5. The second kappa shape index (κ2) is 14.1. The van der Waals surface area contributed by atoms with E-state index in [-0.39, 0.29) is 11.7 Å². The van der Waals surface area contributed by atoms with Gasteiger partial charge in [0, 0.05) is 18.5 Å². The lowest BCUT2D eigenvalue weighted by Crippen LogP contribution is -2.22. The molecule has 2 N–H and O–H groups in total. The molecule has 0 aliphatic carbocycles. The van der Waals surface area contributed by atoms with Crippen LogP contribution in [0.5, 0.6) is 5.75 Å². The van der Waals surface area contributed by atoms with Crippen LogP contribution < -0.4 is 5.32 Å². The van der Waals surface area contributed by atoms with Crippen molar-refractivity contribution in [2.75, 3.05) is 0 Å². The van der Waals surface area contributed by atoms with E-state index in [1.807, 2.05) is 70.2 Å². The van der Waals surface area contributed by atoms with Crippen LogP contribution in [0, 0.1) is 0 Å². The van der Waals surface area contributed by atoms with Gasteiger partial charge in [0.1, 0.15) is 5.75 Å². The first-order chi connectivity index (χ1) is 12.2. The van der Waals surface area contributed by atoms with Gasteiger partial charge in [-0.1, -0.05) is 83.5 Å². The van der Waals surface area contributed by atoms with Gasteiger partial charge in [0.15, 0.2) is 0 Å². The summed E-state index contributed by atoms with van der Waals surface area (Å²) in [6.07, 6.45) is 2.44. The minimum absolute atomic E-state index is 0.0309. The van der Waals surface area contributed by atoms with E-state index in [4.69, 9.17) is 0 Å². The number of unbranched alkanes of at least 4 members (excludes halogenated alkanes) is 1. The van der Waals surface area contributed by atoms with Gasteiger partial charge in [-0.05, 0) is 23.6 Å². The van der Waals surface area contributed by atoms with E-state index in [0.29, 0.717) is 13.0 Å². The molecule has 0 atom stereocenters. The van der Waals surface area contributed by atoms with Crippen molar-refractivity contribution in [1.82, 2.24) is 5.32 Å². The Hall–Kier alpha value is -2.29. The third-order valence-electron chi connectivity index (χ3n) is 3.43. The number of aromatic hydroxyl groups is 1. The SMILES string of the molecule is CC.CC.CCCCC(=O)NCc1ccc(-c2ccccc2)cc1O. The highest BCUT2D eigenvalue weighted by Crippen LogP contribution is 2.26. The molecule has 2 aromatic carbocycles. The Balaban J connectivity index is 0.00000134. The number of rotatable bonds is 6. The number of hydrogen-bond donors (Lipinski definition) is 2. The zero-order valence-corrected chi connectivity index (χ0v) is 16.3. The normalized spacial score (nSPS) is 9.16. The summed E-state index contributed by atoms with van der Waals surface area (Å²) >= 11 is 0. The Labute approximate surface area is 153 Å². The molecule has 2 rings (SSSR count). The topological polar surface area (TPSA) is 49.3 Å². The van der Waals surface area contributed by atoms with Gasteiger partial charge in [-0.2, -0.15) is 0 Å². The van der Waals surface area contributed by atoms with Crippen LogP contribution in [0.1, 0.15) is 59.4 Å². The molecule has 0 saturated heterocycles. The Kier molecular flexibility index (Phi) is 12.8. The number of amides is 1. The van der Waals surface area contributed by atoms with Gasteiger partial charge >= 0.3 is 0 Å². The number of phenols is 1. The number of benzene rings is 2. The molecule has 0 fully saturated rings. The standard InChI is InChI=1S/C18H21NO2.2C2H6/c1-2-3-9-18(21)19-13-16-11-10-15(12-17(16)20)14-7-5-4-6-8-14;2*1-2/h4-8,10-12,20H,2-3,9,13H2,1H3,(H,19,21);2*1-2H3. The van der Waals surface area contributed by atoms with Crippen LogP contribution in [0.3, 0.4) is 0 Å². The van der Waals surface area contributed by atoms with Crippen LogP contribution in [0.25, 0.3) is 11.1 Å². The summed E-state index contributed by atoms with van der Waals surface area (Å²) < 4.78 is 0. The zero-order valence-electron chi connectivity index (χ0n) is 16.3. The van der Waals surface area contributed by atoms with Crippen LogP contribution in [0.15, 0.2) is 48.5 Å². The van der Waals surface area contributed by atoms with E-state index in [0.717, 1.165) is 29.5 Å². The fourth-order valence-corrected chi connectivity index (χ4v) is 2.14. The average Bonchev–Trinajstić information content (AvgIpc) is 2.69. The molecule has 0 radical (unpaired) electrons. The lowest BCUT2D eigenvalue weighted by molar-refractivity contribution is -0.121. The average molecular weight is 344 g/mol. The van der Waals surface area contributed by atoms with E-state index in [9.17, 15) is 9.90 Å². The number of carbonyl (C=O) groups is 1. The molecule has 0 aromatic heterocycles. The summed E-state index contributed by atoms with van der Waals surface area (Å²) in [5, 5.41) is 12.9. The van der Waals surface area contributed by atoms with E-state index < -0.39 is 0 Å². The molecule has 0 aliphatic heterocycles. The van der Waals surface area contributed by atoms with E-state index in [1.54, 1.807) is 6.07 Å². The second-order valence-electron chi connectivity index (χ2n) is 5.09. The lowest BCUT2D eigenvalue weighted by atomic mass is 10.0. The summed E-state index contributed by atoms with van der Waals surface area (Å²) in [4.78, 5) is 11.6. The van der Waals surface area contributed by atoms with Gasteiger partial charge in [0.2, 0.25) is 5.91 Å². The molecule has 3 nitrogen and oxygen atoms in total. The van der Waals surface area contributed by atoms with Crippen molar-refractivity contribution in [3.05, 3.63) is 54.1 Å². The number of hydrogen-bond acceptors (Lipinski definition) is 2. The van der Waals surface area contributed by atoms with Gasteiger partial charge in [0.25, 0.3) is 0 Å². The van der Waals surface area contributed by atoms with Gasteiger partial charge in [-0.3, -0.25) is 4.79 Å². The summed E-state index contributed by atoms with van der Waals surface area (Å²) in [5.74, 6) is 0.246. The Morgan fingerprint density at radius 1 is 0.960 bits per heavy atom. The first kappa shape index (κ1) is 22.7. The molecule has 0 aliphatic rings. The third-order valence-corrected chi connectivity index (χ3v) is 3.43. The van der Waals surface area contributed by atoms with Gasteiger partial charge in [-0.15, -0.1) is 0 Å². The third kappa shape index (κ3) is 8.39. The molecule has 1 amide bonds. The van der Waals surface area contributed by atoms with E-state index in [2.05, 4.69) is 12.2 Å². The van der Waals surface area contributed by atoms with Crippen LogP contribution >= 0.6 is 0 Å². The van der Waals surface area contributed by atoms with E-state index in [1.165, 1.54) is 0 Å². The summed E-state index contributed by atoms with van der Waals surface area (Å²) in [5.41, 5.74) is 2.76. The first-order valence-corrected chi connectivity index (χ1v) is 9.34. The smallest absolute Gasteiger partial charge is 0.220 e. The predicted molar refractivity (Wildman–Crippen MR) is 108 cm³/mol. The molecular formula is C22H33NO2. The maximum absolute atomic E-state index is 11.6. The Morgan fingerprint density at radius 3 is 2.16 bits per heavy atom. The zero-order chi connectivity index (χ0) is 19.1. The van der Waals surface area contributed by atoms with Gasteiger partial charge < -0.3 is 10.4 Å². The Morgan fingerprint density at radius 2 is 1.60 bits per heavy atom. The number of phenolic OH excluding ortho intramolecular Hbond substituents is 1. The van der Waals surface area contributed by atoms with Gasteiger partial charge in [-0.25, -0.2) is 0 Å². The van der Waals surface area contributed by atoms with Crippen molar-refractivity contribution in [2.24, 2.45) is 0 Å². The fraction of sp³-hybridized carbons (Fsp3) is 0.409. The quantitative estimate of drug-likeness (QED) is 0.684. The number of nitrogens with one attached hydrogen (secondary N) is 1. The van der Waals surface area contributed by atoms with Crippen molar-refractivity contribution < 1.29 is 9.90 Å². The lowest BCUT2D eigenvalue weighted by Gasteiger charge is -2.09. The second-order valence-corrected chi connectivity index (χ2v) is 5.09. The van der Waals surface area contributed by atoms with Crippen molar-refractivity contribution in [2.45, 2.75) is 60.4 Å². The molecule has 0 heterocycles. The van der Waals surface area contributed by atoms with Crippen LogP contribution in [0.2, 0.25) is 0 Å². The van der Waals surface area contributed by atoms with Crippen molar-refractivity contribution in [3.63, 3.8) is 0 Å². The largest absolute Gasteiger partial charge is 0.508 e.